The lowest BCUT2D eigenvalue weighted by molar-refractivity contribution is -0.136. The molecule has 1 aliphatic carbocycles. The van der Waals surface area contributed by atoms with Gasteiger partial charge in [-0.25, -0.2) is 0 Å². The Bertz CT molecular complexity index is 500. The molecule has 0 spiro atoms. The molecule has 0 aliphatic heterocycles. The molecule has 0 aromatic heterocycles. The first kappa shape index (κ1) is 15.0. The van der Waals surface area contributed by atoms with E-state index in [-0.39, 0.29) is 23.2 Å². The van der Waals surface area contributed by atoms with Gasteiger partial charge in [0.25, 0.3) is 0 Å². The first-order chi connectivity index (χ1) is 9.16. The zero-order valence-corrected chi connectivity index (χ0v) is 11.7. The first-order valence-corrected chi connectivity index (χ1v) is 6.42. The molecule has 6 heteroatoms. The first-order valence-electron chi connectivity index (χ1n) is 6.42. The highest BCUT2D eigenvalue weighted by molar-refractivity contribution is 5.59. The fourth-order valence-electron chi connectivity index (χ4n) is 2.62. The van der Waals surface area contributed by atoms with Crippen molar-refractivity contribution in [3.63, 3.8) is 0 Å². The van der Waals surface area contributed by atoms with Crippen molar-refractivity contribution in [1.82, 2.24) is 0 Å². The fraction of sp³-hybridized carbons (Fsp3) is 0.571. The highest BCUT2D eigenvalue weighted by Gasteiger charge is 2.48. The van der Waals surface area contributed by atoms with Gasteiger partial charge < -0.3 is 15.8 Å². The van der Waals surface area contributed by atoms with Gasteiger partial charge in [0.15, 0.2) is 0 Å². The van der Waals surface area contributed by atoms with Crippen molar-refractivity contribution in [2.24, 2.45) is 5.41 Å². The van der Waals surface area contributed by atoms with E-state index in [0.717, 1.165) is 12.5 Å². The molecule has 20 heavy (non-hydrogen) atoms. The van der Waals surface area contributed by atoms with E-state index in [1.54, 1.807) is 13.2 Å². The van der Waals surface area contributed by atoms with Crippen LogP contribution in [0.5, 0.6) is 0 Å². The second kappa shape index (κ2) is 4.84. The van der Waals surface area contributed by atoms with Crippen LogP contribution < -0.4 is 11.1 Å². The molecular formula is C14H19F3N2O. The van der Waals surface area contributed by atoms with Crippen LogP contribution in [-0.4, -0.2) is 19.3 Å². The molecular weight excluding hydrogens is 269 g/mol. The lowest BCUT2D eigenvalue weighted by Crippen LogP contribution is -2.57. The Labute approximate surface area is 116 Å². The average Bonchev–Trinajstić information content (AvgIpc) is 2.34. The van der Waals surface area contributed by atoms with Crippen LogP contribution in [-0.2, 0) is 10.9 Å². The molecule has 2 rings (SSSR count). The van der Waals surface area contributed by atoms with Crippen molar-refractivity contribution < 1.29 is 17.9 Å². The molecule has 3 nitrogen and oxygen atoms in total. The summed E-state index contributed by atoms with van der Waals surface area (Å²) in [6.07, 6.45) is -3.54. The SMILES string of the molecule is COC1CC(Nc2ccc(N)c(C(F)(F)F)c2)C1(C)C. The number of anilines is 2. The van der Waals surface area contributed by atoms with Crippen molar-refractivity contribution in [2.45, 2.75) is 38.6 Å². The number of alkyl halides is 3. The summed E-state index contributed by atoms with van der Waals surface area (Å²) in [5.74, 6) is 0. The molecule has 1 fully saturated rings. The van der Waals surface area contributed by atoms with E-state index < -0.39 is 11.7 Å². The maximum atomic E-state index is 12.8. The van der Waals surface area contributed by atoms with Gasteiger partial charge in [-0.2, -0.15) is 13.2 Å². The number of hydrogen-bond acceptors (Lipinski definition) is 3. The number of hydrogen-bond donors (Lipinski definition) is 2. The molecule has 0 radical (unpaired) electrons. The number of halogens is 3. The van der Waals surface area contributed by atoms with Gasteiger partial charge in [-0.3, -0.25) is 0 Å². The normalized spacial score (nSPS) is 25.1. The third kappa shape index (κ3) is 2.57. The summed E-state index contributed by atoms with van der Waals surface area (Å²) < 4.78 is 43.7. The van der Waals surface area contributed by atoms with Crippen LogP contribution in [0.25, 0.3) is 0 Å². The van der Waals surface area contributed by atoms with Gasteiger partial charge in [-0.1, -0.05) is 13.8 Å². The zero-order chi connectivity index (χ0) is 15.1. The number of ether oxygens (including phenoxy) is 1. The molecule has 0 heterocycles. The molecule has 2 unspecified atom stereocenters. The van der Waals surface area contributed by atoms with E-state index in [0.29, 0.717) is 5.69 Å². The monoisotopic (exact) mass is 288 g/mol. The van der Waals surface area contributed by atoms with Crippen molar-refractivity contribution >= 4 is 11.4 Å². The van der Waals surface area contributed by atoms with Gasteiger partial charge in [0.2, 0.25) is 0 Å². The quantitative estimate of drug-likeness (QED) is 0.837. The summed E-state index contributed by atoms with van der Waals surface area (Å²) in [5, 5.41) is 3.14. The van der Waals surface area contributed by atoms with Crippen LogP contribution in [0, 0.1) is 5.41 Å². The number of rotatable bonds is 3. The van der Waals surface area contributed by atoms with E-state index >= 15 is 0 Å². The van der Waals surface area contributed by atoms with Gasteiger partial charge in [0.05, 0.1) is 11.7 Å². The van der Waals surface area contributed by atoms with Crippen molar-refractivity contribution in [1.29, 1.82) is 0 Å². The maximum absolute atomic E-state index is 12.8. The average molecular weight is 288 g/mol. The molecule has 3 N–H and O–H groups in total. The van der Waals surface area contributed by atoms with Crippen molar-refractivity contribution in [2.75, 3.05) is 18.2 Å². The minimum atomic E-state index is -4.44. The Balaban J connectivity index is 2.16. The van der Waals surface area contributed by atoms with Gasteiger partial charge >= 0.3 is 6.18 Å². The maximum Gasteiger partial charge on any atom is 0.418 e. The van der Waals surface area contributed by atoms with Crippen LogP contribution >= 0.6 is 0 Å². The predicted molar refractivity (Wildman–Crippen MR) is 72.5 cm³/mol. The molecule has 0 saturated heterocycles. The summed E-state index contributed by atoms with van der Waals surface area (Å²) in [7, 11) is 1.65. The smallest absolute Gasteiger partial charge is 0.398 e. The Hall–Kier alpha value is -1.43. The van der Waals surface area contributed by atoms with Crippen LogP contribution in [0.15, 0.2) is 18.2 Å². The minimum absolute atomic E-state index is 0.0807. The Kier molecular flexibility index (Phi) is 3.62. The third-order valence-electron chi connectivity index (χ3n) is 4.16. The Morgan fingerprint density at radius 1 is 1.35 bits per heavy atom. The number of nitrogens with two attached hydrogens (primary N) is 1. The molecule has 1 saturated carbocycles. The lowest BCUT2D eigenvalue weighted by Gasteiger charge is -2.51. The molecule has 1 aromatic rings. The highest BCUT2D eigenvalue weighted by atomic mass is 19.4. The van der Waals surface area contributed by atoms with E-state index in [2.05, 4.69) is 5.32 Å². The van der Waals surface area contributed by atoms with Crippen molar-refractivity contribution in [3.05, 3.63) is 23.8 Å². The third-order valence-corrected chi connectivity index (χ3v) is 4.16. The standard InChI is InChI=1S/C14H19F3N2O/c1-13(2)11(7-12(13)20-3)19-8-4-5-10(18)9(6-8)14(15,16)17/h4-6,11-12,19H,7,18H2,1-3H3. The van der Waals surface area contributed by atoms with Crippen LogP contribution in [0.3, 0.4) is 0 Å². The van der Waals surface area contributed by atoms with Crippen LogP contribution in [0.1, 0.15) is 25.8 Å². The largest absolute Gasteiger partial charge is 0.418 e. The van der Waals surface area contributed by atoms with Gasteiger partial charge in [0, 0.05) is 29.9 Å². The van der Waals surface area contributed by atoms with E-state index in [1.165, 1.54) is 6.07 Å². The van der Waals surface area contributed by atoms with Gasteiger partial charge in [0.1, 0.15) is 0 Å². The number of nitrogens with one attached hydrogen (secondary N) is 1. The molecule has 112 valence electrons. The Morgan fingerprint density at radius 3 is 2.50 bits per heavy atom. The molecule has 1 aromatic carbocycles. The Morgan fingerprint density at radius 2 is 2.00 bits per heavy atom. The van der Waals surface area contributed by atoms with Gasteiger partial charge in [-0.05, 0) is 24.6 Å². The second-order valence-electron chi connectivity index (χ2n) is 5.78. The zero-order valence-electron chi connectivity index (χ0n) is 11.7. The van der Waals surface area contributed by atoms with Crippen molar-refractivity contribution in [3.8, 4) is 0 Å². The topological polar surface area (TPSA) is 47.3 Å². The summed E-state index contributed by atoms with van der Waals surface area (Å²) >= 11 is 0. The summed E-state index contributed by atoms with van der Waals surface area (Å²) in [4.78, 5) is 0. The van der Waals surface area contributed by atoms with E-state index in [1.807, 2.05) is 13.8 Å². The highest BCUT2D eigenvalue weighted by Crippen LogP contribution is 2.44. The molecule has 2 atom stereocenters. The predicted octanol–water partition coefficient (Wildman–Crippen LogP) is 3.51. The molecule has 0 bridgehead atoms. The van der Waals surface area contributed by atoms with E-state index in [4.69, 9.17) is 10.5 Å². The minimum Gasteiger partial charge on any atom is -0.398 e. The van der Waals surface area contributed by atoms with Crippen LogP contribution in [0.2, 0.25) is 0 Å². The molecule has 0 amide bonds. The number of benzene rings is 1. The van der Waals surface area contributed by atoms with Gasteiger partial charge in [-0.15, -0.1) is 0 Å². The second-order valence-corrected chi connectivity index (χ2v) is 5.78. The fourth-order valence-corrected chi connectivity index (χ4v) is 2.62. The molecule has 1 aliphatic rings. The number of nitrogen functional groups attached to an aromatic ring is 1. The van der Waals surface area contributed by atoms with E-state index in [9.17, 15) is 13.2 Å². The summed E-state index contributed by atoms with van der Waals surface area (Å²) in [6.45, 7) is 4.06. The summed E-state index contributed by atoms with van der Waals surface area (Å²) in [6, 6.07) is 3.99. The van der Waals surface area contributed by atoms with Crippen LogP contribution in [0.4, 0.5) is 24.5 Å². The summed E-state index contributed by atoms with van der Waals surface area (Å²) in [5.41, 5.74) is 4.63. The lowest BCUT2D eigenvalue weighted by atomic mass is 9.64. The number of methoxy groups -OCH3 is 1.